The highest BCUT2D eigenvalue weighted by atomic mass is 15.2. The Kier molecular flexibility index (Phi) is 7.03. The van der Waals surface area contributed by atoms with Crippen LogP contribution in [0.15, 0.2) is 0 Å². The van der Waals surface area contributed by atoms with E-state index >= 15 is 0 Å². The molecule has 1 N–H and O–H groups in total. The lowest BCUT2D eigenvalue weighted by atomic mass is 10.00. The van der Waals surface area contributed by atoms with Gasteiger partial charge in [0.05, 0.1) is 0 Å². The number of nitrogens with zero attached hydrogens (tertiary/aromatic N) is 1. The molecule has 1 rings (SSSR count). The Labute approximate surface area is 95.4 Å². The van der Waals surface area contributed by atoms with Gasteiger partial charge in [0.25, 0.3) is 0 Å². The molecular formula is C13H28N2. The van der Waals surface area contributed by atoms with Crippen molar-refractivity contribution in [2.45, 2.75) is 58.4 Å². The van der Waals surface area contributed by atoms with E-state index in [0.717, 1.165) is 6.04 Å². The lowest BCUT2D eigenvalue weighted by molar-refractivity contribution is 0.142. The van der Waals surface area contributed by atoms with Gasteiger partial charge >= 0.3 is 0 Å². The molecule has 0 spiro atoms. The van der Waals surface area contributed by atoms with Crippen LogP contribution in [0.5, 0.6) is 0 Å². The van der Waals surface area contributed by atoms with Crippen LogP contribution in [-0.4, -0.2) is 37.1 Å². The first-order chi connectivity index (χ1) is 7.38. The third kappa shape index (κ3) is 4.98. The van der Waals surface area contributed by atoms with Crippen molar-refractivity contribution >= 4 is 0 Å². The molecule has 1 saturated heterocycles. The van der Waals surface area contributed by atoms with Crippen LogP contribution in [-0.2, 0) is 0 Å². The average molecular weight is 212 g/mol. The van der Waals surface area contributed by atoms with Crippen LogP contribution in [0.25, 0.3) is 0 Å². The molecule has 90 valence electrons. The smallest absolute Gasteiger partial charge is 0.00926 e. The summed E-state index contributed by atoms with van der Waals surface area (Å²) in [6.07, 6.45) is 8.20. The van der Waals surface area contributed by atoms with Gasteiger partial charge in [-0.1, -0.05) is 20.3 Å². The normalized spacial score (nSPS) is 23.2. The second-order valence-electron chi connectivity index (χ2n) is 4.70. The maximum atomic E-state index is 3.48. The zero-order chi connectivity index (χ0) is 10.9. The van der Waals surface area contributed by atoms with Crippen LogP contribution in [0, 0.1) is 0 Å². The molecule has 1 heterocycles. The summed E-state index contributed by atoms with van der Waals surface area (Å²) in [5, 5.41) is 3.48. The summed E-state index contributed by atoms with van der Waals surface area (Å²) < 4.78 is 0. The highest BCUT2D eigenvalue weighted by Crippen LogP contribution is 2.19. The highest BCUT2D eigenvalue weighted by Gasteiger charge is 2.19. The lowest BCUT2D eigenvalue weighted by Crippen LogP contribution is -2.40. The number of rotatable bonds is 7. The molecule has 1 aliphatic rings. The maximum absolute atomic E-state index is 3.48. The maximum Gasteiger partial charge on any atom is 0.00926 e. The molecule has 1 fully saturated rings. The van der Waals surface area contributed by atoms with Crippen molar-refractivity contribution in [3.8, 4) is 0 Å². The quantitative estimate of drug-likeness (QED) is 0.653. The average Bonchev–Trinajstić information content (AvgIpc) is 2.29. The van der Waals surface area contributed by atoms with Gasteiger partial charge in [-0.05, 0) is 58.3 Å². The van der Waals surface area contributed by atoms with Crippen LogP contribution in [0.2, 0.25) is 0 Å². The zero-order valence-electron chi connectivity index (χ0n) is 10.6. The third-order valence-electron chi connectivity index (χ3n) is 3.45. The summed E-state index contributed by atoms with van der Waals surface area (Å²) in [4.78, 5) is 2.71. The van der Waals surface area contributed by atoms with Crippen LogP contribution >= 0.6 is 0 Å². The van der Waals surface area contributed by atoms with Crippen LogP contribution in [0.4, 0.5) is 0 Å². The standard InChI is InChI=1S/C13H28N2/c1-3-9-14-10-7-12-15-11-6-5-8-13(15)4-2/h13-14H,3-12H2,1-2H3. The van der Waals surface area contributed by atoms with Gasteiger partial charge in [-0.15, -0.1) is 0 Å². The van der Waals surface area contributed by atoms with Gasteiger partial charge in [0.1, 0.15) is 0 Å². The second kappa shape index (κ2) is 8.12. The van der Waals surface area contributed by atoms with Gasteiger partial charge in [0.2, 0.25) is 0 Å². The Morgan fingerprint density at radius 1 is 1.20 bits per heavy atom. The fraction of sp³-hybridized carbons (Fsp3) is 1.00. The van der Waals surface area contributed by atoms with Crippen molar-refractivity contribution in [3.05, 3.63) is 0 Å². The SMILES string of the molecule is CCCNCCCN1CCCCC1CC. The predicted octanol–water partition coefficient (Wildman–Crippen LogP) is 2.64. The largest absolute Gasteiger partial charge is 0.317 e. The number of hydrogen-bond donors (Lipinski definition) is 1. The van der Waals surface area contributed by atoms with E-state index in [-0.39, 0.29) is 0 Å². The van der Waals surface area contributed by atoms with Crippen molar-refractivity contribution in [2.75, 3.05) is 26.2 Å². The molecule has 0 aromatic carbocycles. The van der Waals surface area contributed by atoms with Gasteiger partial charge in [-0.25, -0.2) is 0 Å². The Hall–Kier alpha value is -0.0800. The fourth-order valence-electron chi connectivity index (χ4n) is 2.53. The van der Waals surface area contributed by atoms with Crippen molar-refractivity contribution in [1.82, 2.24) is 10.2 Å². The summed E-state index contributed by atoms with van der Waals surface area (Å²) in [5.74, 6) is 0. The minimum absolute atomic E-state index is 0.880. The summed E-state index contributed by atoms with van der Waals surface area (Å²) >= 11 is 0. The van der Waals surface area contributed by atoms with Gasteiger partial charge < -0.3 is 10.2 Å². The predicted molar refractivity (Wildman–Crippen MR) is 67.3 cm³/mol. The number of hydrogen-bond acceptors (Lipinski definition) is 2. The summed E-state index contributed by atoms with van der Waals surface area (Å²) in [5.41, 5.74) is 0. The molecule has 2 heteroatoms. The van der Waals surface area contributed by atoms with E-state index in [2.05, 4.69) is 24.1 Å². The Morgan fingerprint density at radius 2 is 2.07 bits per heavy atom. The third-order valence-corrected chi connectivity index (χ3v) is 3.45. The van der Waals surface area contributed by atoms with E-state index in [1.807, 2.05) is 0 Å². The summed E-state index contributed by atoms with van der Waals surface area (Å²) in [6.45, 7) is 9.57. The van der Waals surface area contributed by atoms with Crippen LogP contribution < -0.4 is 5.32 Å². The minimum Gasteiger partial charge on any atom is -0.317 e. The van der Waals surface area contributed by atoms with Crippen LogP contribution in [0.3, 0.4) is 0 Å². The van der Waals surface area contributed by atoms with E-state index in [9.17, 15) is 0 Å². The van der Waals surface area contributed by atoms with Crippen molar-refractivity contribution < 1.29 is 0 Å². The van der Waals surface area contributed by atoms with E-state index in [1.54, 1.807) is 0 Å². The van der Waals surface area contributed by atoms with Gasteiger partial charge in [-0.2, -0.15) is 0 Å². The number of piperidine rings is 1. The van der Waals surface area contributed by atoms with Crippen molar-refractivity contribution in [1.29, 1.82) is 0 Å². The summed E-state index contributed by atoms with van der Waals surface area (Å²) in [6, 6.07) is 0.880. The Bertz CT molecular complexity index is 147. The highest BCUT2D eigenvalue weighted by molar-refractivity contribution is 4.75. The molecule has 15 heavy (non-hydrogen) atoms. The molecule has 0 radical (unpaired) electrons. The van der Waals surface area contributed by atoms with Gasteiger partial charge in [0.15, 0.2) is 0 Å². The molecule has 1 aliphatic heterocycles. The molecule has 0 amide bonds. The van der Waals surface area contributed by atoms with Crippen molar-refractivity contribution in [3.63, 3.8) is 0 Å². The monoisotopic (exact) mass is 212 g/mol. The van der Waals surface area contributed by atoms with E-state index in [1.165, 1.54) is 64.7 Å². The van der Waals surface area contributed by atoms with Crippen LogP contribution in [0.1, 0.15) is 52.4 Å². The molecular weight excluding hydrogens is 184 g/mol. The zero-order valence-corrected chi connectivity index (χ0v) is 10.6. The molecule has 0 bridgehead atoms. The first kappa shape index (κ1) is 13.0. The molecule has 1 atom stereocenters. The van der Waals surface area contributed by atoms with Gasteiger partial charge in [-0.3, -0.25) is 0 Å². The summed E-state index contributed by atoms with van der Waals surface area (Å²) in [7, 11) is 0. The first-order valence-electron chi connectivity index (χ1n) is 6.83. The minimum atomic E-state index is 0.880. The van der Waals surface area contributed by atoms with E-state index < -0.39 is 0 Å². The molecule has 2 nitrogen and oxygen atoms in total. The fourth-order valence-corrected chi connectivity index (χ4v) is 2.53. The molecule has 0 aromatic rings. The Morgan fingerprint density at radius 3 is 2.80 bits per heavy atom. The topological polar surface area (TPSA) is 15.3 Å². The van der Waals surface area contributed by atoms with E-state index in [0.29, 0.717) is 0 Å². The lowest BCUT2D eigenvalue weighted by Gasteiger charge is -2.35. The first-order valence-corrected chi connectivity index (χ1v) is 6.83. The second-order valence-corrected chi connectivity index (χ2v) is 4.70. The Balaban J connectivity index is 2.07. The molecule has 0 aliphatic carbocycles. The number of nitrogens with one attached hydrogen (secondary N) is 1. The number of likely N-dealkylation sites (tertiary alicyclic amines) is 1. The molecule has 0 aromatic heterocycles. The molecule has 1 unspecified atom stereocenters. The van der Waals surface area contributed by atoms with Crippen molar-refractivity contribution in [2.24, 2.45) is 0 Å². The van der Waals surface area contributed by atoms with Gasteiger partial charge in [0, 0.05) is 6.04 Å². The van der Waals surface area contributed by atoms with E-state index in [4.69, 9.17) is 0 Å². The molecule has 0 saturated carbocycles.